The van der Waals surface area contributed by atoms with E-state index in [1.54, 1.807) is 12.1 Å². The number of carbonyl (C=O) groups is 1. The molecule has 0 saturated heterocycles. The van der Waals surface area contributed by atoms with Crippen LogP contribution in [0.15, 0.2) is 24.3 Å². The molecule has 0 atom stereocenters. The van der Waals surface area contributed by atoms with E-state index in [0.717, 1.165) is 5.56 Å². The minimum atomic E-state index is -0.410. The molecule has 0 saturated carbocycles. The van der Waals surface area contributed by atoms with Gasteiger partial charge >= 0.3 is 0 Å². The average molecular weight is 194 g/mol. The van der Waals surface area contributed by atoms with Crippen LogP contribution in [0.2, 0.25) is 0 Å². The van der Waals surface area contributed by atoms with Crippen molar-refractivity contribution in [2.24, 2.45) is 0 Å². The van der Waals surface area contributed by atoms with E-state index < -0.39 is 5.82 Å². The third-order valence-electron chi connectivity index (χ3n) is 1.69. The third kappa shape index (κ3) is 2.69. The molecular formula is C11H11FO2. The number of ketones is 1. The maximum Gasteiger partial charge on any atom is 0.165 e. The molecule has 0 aliphatic heterocycles. The second kappa shape index (κ2) is 4.56. The second-order valence-corrected chi connectivity index (χ2v) is 2.84. The molecule has 0 amide bonds. The van der Waals surface area contributed by atoms with Crippen LogP contribution in [0.5, 0.6) is 5.75 Å². The van der Waals surface area contributed by atoms with Gasteiger partial charge in [-0.25, -0.2) is 4.39 Å². The fraction of sp³-hybridized carbons (Fsp3) is 0.182. The quantitative estimate of drug-likeness (QED) is 0.691. The average Bonchev–Trinajstić information content (AvgIpc) is 2.16. The van der Waals surface area contributed by atoms with Crippen LogP contribution >= 0.6 is 0 Å². The Kier molecular flexibility index (Phi) is 3.40. The lowest BCUT2D eigenvalue weighted by atomic mass is 10.2. The smallest absolute Gasteiger partial charge is 0.165 e. The summed E-state index contributed by atoms with van der Waals surface area (Å²) in [5.41, 5.74) is 0.735. The Morgan fingerprint density at radius 3 is 2.79 bits per heavy atom. The number of hydrogen-bond donors (Lipinski definition) is 0. The Balaban J connectivity index is 2.95. The largest absolute Gasteiger partial charge is 0.494 e. The van der Waals surface area contributed by atoms with E-state index in [4.69, 9.17) is 4.74 Å². The third-order valence-corrected chi connectivity index (χ3v) is 1.69. The van der Waals surface area contributed by atoms with Crippen molar-refractivity contribution in [1.29, 1.82) is 0 Å². The molecule has 1 aromatic carbocycles. The molecule has 1 aromatic rings. The van der Waals surface area contributed by atoms with Crippen molar-refractivity contribution >= 4 is 11.9 Å². The topological polar surface area (TPSA) is 26.3 Å². The first kappa shape index (κ1) is 10.4. The molecule has 0 bridgehead atoms. The van der Waals surface area contributed by atoms with Gasteiger partial charge in [-0.15, -0.1) is 0 Å². The van der Waals surface area contributed by atoms with Gasteiger partial charge in [-0.05, 0) is 30.7 Å². The Morgan fingerprint density at radius 2 is 2.21 bits per heavy atom. The zero-order chi connectivity index (χ0) is 10.6. The maximum atomic E-state index is 13.0. The van der Waals surface area contributed by atoms with E-state index in [-0.39, 0.29) is 11.5 Å². The summed E-state index contributed by atoms with van der Waals surface area (Å²) in [6, 6.07) is 4.42. The van der Waals surface area contributed by atoms with Gasteiger partial charge in [-0.2, -0.15) is 0 Å². The van der Waals surface area contributed by atoms with Crippen molar-refractivity contribution in [3.05, 3.63) is 35.7 Å². The minimum absolute atomic E-state index is 0.0479. The molecule has 0 aliphatic carbocycles. The lowest BCUT2D eigenvalue weighted by Crippen LogP contribution is -1.88. The molecule has 0 heterocycles. The van der Waals surface area contributed by atoms with Gasteiger partial charge in [-0.1, -0.05) is 12.1 Å². The lowest BCUT2D eigenvalue weighted by Gasteiger charge is -2.01. The number of rotatable bonds is 3. The molecule has 0 aliphatic rings. The first-order chi connectivity index (χ1) is 6.63. The van der Waals surface area contributed by atoms with Crippen LogP contribution in [0.25, 0.3) is 6.08 Å². The predicted molar refractivity (Wildman–Crippen MR) is 52.7 cm³/mol. The van der Waals surface area contributed by atoms with Crippen molar-refractivity contribution in [2.45, 2.75) is 6.92 Å². The molecule has 0 unspecified atom stereocenters. The van der Waals surface area contributed by atoms with Gasteiger partial charge in [0.1, 0.15) is 0 Å². The van der Waals surface area contributed by atoms with Crippen molar-refractivity contribution in [2.75, 3.05) is 7.11 Å². The first-order valence-corrected chi connectivity index (χ1v) is 4.15. The molecule has 74 valence electrons. The van der Waals surface area contributed by atoms with Gasteiger partial charge in [0.2, 0.25) is 0 Å². The number of carbonyl (C=O) groups excluding carboxylic acids is 1. The van der Waals surface area contributed by atoms with E-state index in [1.807, 2.05) is 0 Å². The summed E-state index contributed by atoms with van der Waals surface area (Å²) in [6.45, 7) is 1.46. The summed E-state index contributed by atoms with van der Waals surface area (Å²) in [4.78, 5) is 10.6. The van der Waals surface area contributed by atoms with E-state index in [2.05, 4.69) is 0 Å². The number of methoxy groups -OCH3 is 1. The molecule has 2 nitrogen and oxygen atoms in total. The van der Waals surface area contributed by atoms with E-state index >= 15 is 0 Å². The Labute approximate surface area is 82.0 Å². The van der Waals surface area contributed by atoms with Gasteiger partial charge in [0, 0.05) is 0 Å². The van der Waals surface area contributed by atoms with E-state index in [1.165, 1.54) is 32.2 Å². The molecule has 14 heavy (non-hydrogen) atoms. The van der Waals surface area contributed by atoms with Gasteiger partial charge in [0.15, 0.2) is 17.3 Å². The lowest BCUT2D eigenvalue weighted by molar-refractivity contribution is -0.112. The van der Waals surface area contributed by atoms with Crippen LogP contribution in [-0.4, -0.2) is 12.9 Å². The molecule has 0 N–H and O–H groups in total. The second-order valence-electron chi connectivity index (χ2n) is 2.84. The van der Waals surface area contributed by atoms with Crippen LogP contribution < -0.4 is 4.74 Å². The standard InChI is InChI=1S/C11H11FO2/c1-8(13)3-4-9-5-6-10(12)11(7-9)14-2/h3-7H,1-2H3/b4-3+. The van der Waals surface area contributed by atoms with Crippen molar-refractivity contribution in [1.82, 2.24) is 0 Å². The van der Waals surface area contributed by atoms with Crippen LogP contribution in [0.1, 0.15) is 12.5 Å². The number of ether oxygens (including phenoxy) is 1. The van der Waals surface area contributed by atoms with Gasteiger partial charge in [0.25, 0.3) is 0 Å². The van der Waals surface area contributed by atoms with Gasteiger partial charge in [0.05, 0.1) is 7.11 Å². The summed E-state index contributed by atoms with van der Waals surface area (Å²) in [5, 5.41) is 0. The van der Waals surface area contributed by atoms with E-state index in [9.17, 15) is 9.18 Å². The van der Waals surface area contributed by atoms with Crippen molar-refractivity contribution in [3.63, 3.8) is 0 Å². The highest BCUT2D eigenvalue weighted by molar-refractivity contribution is 5.91. The van der Waals surface area contributed by atoms with E-state index in [0.29, 0.717) is 0 Å². The van der Waals surface area contributed by atoms with Crippen LogP contribution in [-0.2, 0) is 4.79 Å². The monoisotopic (exact) mass is 194 g/mol. The minimum Gasteiger partial charge on any atom is -0.494 e. The Morgan fingerprint density at radius 1 is 1.50 bits per heavy atom. The summed E-state index contributed by atoms with van der Waals surface area (Å²) in [5.74, 6) is -0.281. The van der Waals surface area contributed by atoms with Gasteiger partial charge < -0.3 is 4.74 Å². The van der Waals surface area contributed by atoms with Crippen LogP contribution in [0.3, 0.4) is 0 Å². The molecule has 3 heteroatoms. The van der Waals surface area contributed by atoms with Crippen LogP contribution in [0, 0.1) is 5.82 Å². The van der Waals surface area contributed by atoms with Gasteiger partial charge in [-0.3, -0.25) is 4.79 Å². The van der Waals surface area contributed by atoms with Crippen molar-refractivity contribution in [3.8, 4) is 5.75 Å². The summed E-state index contributed by atoms with van der Waals surface area (Å²) >= 11 is 0. The molecule has 0 fully saturated rings. The molecule has 0 radical (unpaired) electrons. The van der Waals surface area contributed by atoms with Crippen molar-refractivity contribution < 1.29 is 13.9 Å². The molecule has 0 aromatic heterocycles. The number of benzene rings is 1. The summed E-state index contributed by atoms with van der Waals surface area (Å²) < 4.78 is 17.8. The first-order valence-electron chi connectivity index (χ1n) is 4.15. The van der Waals surface area contributed by atoms with Crippen LogP contribution in [0.4, 0.5) is 4.39 Å². The zero-order valence-corrected chi connectivity index (χ0v) is 8.08. The highest BCUT2D eigenvalue weighted by atomic mass is 19.1. The number of hydrogen-bond acceptors (Lipinski definition) is 2. The number of halogens is 1. The molecular weight excluding hydrogens is 183 g/mol. The summed E-state index contributed by atoms with van der Waals surface area (Å²) in [7, 11) is 1.40. The fourth-order valence-electron chi connectivity index (χ4n) is 0.994. The zero-order valence-electron chi connectivity index (χ0n) is 8.08. The number of allylic oxidation sites excluding steroid dienone is 1. The highest BCUT2D eigenvalue weighted by Crippen LogP contribution is 2.18. The fourth-order valence-corrected chi connectivity index (χ4v) is 0.994. The molecule has 0 spiro atoms. The summed E-state index contributed by atoms with van der Waals surface area (Å²) in [6.07, 6.45) is 3.04. The SMILES string of the molecule is COc1cc(/C=C/C(C)=O)ccc1F. The normalized spacial score (nSPS) is 10.5. The predicted octanol–water partition coefficient (Wildman–Crippen LogP) is 2.44. The highest BCUT2D eigenvalue weighted by Gasteiger charge is 2.01. The molecule has 1 rings (SSSR count). The Hall–Kier alpha value is -1.64. The maximum absolute atomic E-state index is 13.0. The Bertz CT molecular complexity index is 370.